The fourth-order valence-corrected chi connectivity index (χ4v) is 3.01. The zero-order valence-corrected chi connectivity index (χ0v) is 15.9. The summed E-state index contributed by atoms with van der Waals surface area (Å²) in [4.78, 5) is 12.2. The second-order valence-corrected chi connectivity index (χ2v) is 7.15. The summed E-state index contributed by atoms with van der Waals surface area (Å²) in [5.41, 5.74) is 0.878. The number of ether oxygens (including phenoxy) is 1. The molecule has 1 atom stereocenters. The highest BCUT2D eigenvalue weighted by molar-refractivity contribution is 8.00. The zero-order valence-electron chi connectivity index (χ0n) is 15.1. The summed E-state index contributed by atoms with van der Waals surface area (Å²) in [6.07, 6.45) is 0.443. The molecular weight excluding hydrogens is 388 g/mol. The minimum absolute atomic E-state index is 0.0930. The number of thioether (sulfide) groups is 1. The van der Waals surface area contributed by atoms with Crippen LogP contribution in [-0.2, 0) is 11.2 Å². The van der Waals surface area contributed by atoms with Gasteiger partial charge in [-0.15, -0.1) is 10.2 Å². The fraction of sp³-hybridized carbons (Fsp3) is 0.211. The maximum Gasteiger partial charge on any atom is 0.277 e. The number of nitrogens with one attached hydrogen (secondary N) is 1. The van der Waals surface area contributed by atoms with Crippen molar-refractivity contribution < 1.29 is 22.7 Å². The number of hydrogen-bond donors (Lipinski definition) is 1. The van der Waals surface area contributed by atoms with Crippen LogP contribution in [-0.4, -0.2) is 28.5 Å². The molecule has 0 aliphatic heterocycles. The van der Waals surface area contributed by atoms with Crippen LogP contribution in [0, 0.1) is 11.6 Å². The molecule has 2 aromatic carbocycles. The number of anilines is 1. The average molecular weight is 405 g/mol. The molecule has 0 saturated heterocycles. The quantitative estimate of drug-likeness (QED) is 0.597. The first kappa shape index (κ1) is 19.8. The Labute approximate surface area is 164 Å². The van der Waals surface area contributed by atoms with E-state index in [9.17, 15) is 13.6 Å². The molecule has 0 spiro atoms. The SMILES string of the molecule is COc1ccc(Cc2nnc(S[C@@H](C)C(=O)Nc3ccc(F)cc3F)o2)cc1. The smallest absolute Gasteiger partial charge is 0.277 e. The fourth-order valence-electron chi connectivity index (χ4n) is 2.31. The lowest BCUT2D eigenvalue weighted by atomic mass is 10.1. The van der Waals surface area contributed by atoms with Crippen LogP contribution in [0.2, 0.25) is 0 Å². The van der Waals surface area contributed by atoms with Crippen LogP contribution >= 0.6 is 11.8 Å². The summed E-state index contributed by atoms with van der Waals surface area (Å²) in [5, 5.41) is 9.91. The third-order valence-electron chi connectivity index (χ3n) is 3.80. The highest BCUT2D eigenvalue weighted by atomic mass is 32.2. The monoisotopic (exact) mass is 405 g/mol. The van der Waals surface area contributed by atoms with Crippen LogP contribution in [0.4, 0.5) is 14.5 Å². The Hall–Kier alpha value is -2.94. The van der Waals surface area contributed by atoms with Crippen molar-refractivity contribution in [2.75, 3.05) is 12.4 Å². The van der Waals surface area contributed by atoms with E-state index < -0.39 is 22.8 Å². The normalized spacial score (nSPS) is 11.9. The van der Waals surface area contributed by atoms with Gasteiger partial charge in [0.15, 0.2) is 0 Å². The van der Waals surface area contributed by atoms with E-state index in [1.807, 2.05) is 24.3 Å². The second-order valence-electron chi connectivity index (χ2n) is 5.86. The van der Waals surface area contributed by atoms with Gasteiger partial charge in [0, 0.05) is 6.07 Å². The third-order valence-corrected chi connectivity index (χ3v) is 4.73. The van der Waals surface area contributed by atoms with E-state index in [-0.39, 0.29) is 10.9 Å². The van der Waals surface area contributed by atoms with E-state index in [1.165, 1.54) is 6.07 Å². The van der Waals surface area contributed by atoms with Crippen LogP contribution in [0.5, 0.6) is 5.75 Å². The molecule has 0 fully saturated rings. The Bertz CT molecular complexity index is 963. The Balaban J connectivity index is 1.58. The molecule has 6 nitrogen and oxygen atoms in total. The summed E-state index contributed by atoms with van der Waals surface area (Å²) in [7, 11) is 1.60. The Kier molecular flexibility index (Phi) is 6.25. The molecule has 0 bridgehead atoms. The lowest BCUT2D eigenvalue weighted by Crippen LogP contribution is -2.23. The van der Waals surface area contributed by atoms with Gasteiger partial charge in [0.25, 0.3) is 5.22 Å². The zero-order chi connectivity index (χ0) is 20.1. The Morgan fingerprint density at radius 1 is 1.21 bits per heavy atom. The maximum absolute atomic E-state index is 13.6. The first-order valence-electron chi connectivity index (χ1n) is 8.32. The number of methoxy groups -OCH3 is 1. The van der Waals surface area contributed by atoms with Gasteiger partial charge in [-0.2, -0.15) is 0 Å². The van der Waals surface area contributed by atoms with Gasteiger partial charge in [-0.05, 0) is 36.8 Å². The first-order chi connectivity index (χ1) is 13.4. The van der Waals surface area contributed by atoms with Gasteiger partial charge in [0.1, 0.15) is 17.4 Å². The third kappa shape index (κ3) is 5.07. The van der Waals surface area contributed by atoms with E-state index in [0.717, 1.165) is 29.1 Å². The molecule has 0 saturated carbocycles. The lowest BCUT2D eigenvalue weighted by Gasteiger charge is -2.10. The number of rotatable bonds is 7. The van der Waals surface area contributed by atoms with Gasteiger partial charge in [-0.3, -0.25) is 4.79 Å². The summed E-state index contributed by atoms with van der Waals surface area (Å²) < 4.78 is 37.3. The predicted octanol–water partition coefficient (Wildman–Crippen LogP) is 4.07. The number of carbonyl (C=O) groups excluding carboxylic acids is 1. The summed E-state index contributed by atoms with van der Waals surface area (Å²) in [5.74, 6) is -0.864. The van der Waals surface area contributed by atoms with Gasteiger partial charge >= 0.3 is 0 Å². The largest absolute Gasteiger partial charge is 0.497 e. The van der Waals surface area contributed by atoms with E-state index in [4.69, 9.17) is 9.15 Å². The number of nitrogens with zero attached hydrogens (tertiary/aromatic N) is 2. The molecule has 3 aromatic rings. The molecule has 28 heavy (non-hydrogen) atoms. The van der Waals surface area contributed by atoms with Gasteiger partial charge in [0.05, 0.1) is 24.5 Å². The predicted molar refractivity (Wildman–Crippen MR) is 100 cm³/mol. The van der Waals surface area contributed by atoms with E-state index in [1.54, 1.807) is 14.0 Å². The minimum atomic E-state index is -0.842. The summed E-state index contributed by atoms with van der Waals surface area (Å²) in [6.45, 7) is 1.62. The number of halogens is 2. The summed E-state index contributed by atoms with van der Waals surface area (Å²) in [6, 6.07) is 10.4. The summed E-state index contributed by atoms with van der Waals surface area (Å²) >= 11 is 1.05. The van der Waals surface area contributed by atoms with Crippen LogP contribution < -0.4 is 10.1 Å². The van der Waals surface area contributed by atoms with Crippen molar-refractivity contribution in [3.63, 3.8) is 0 Å². The van der Waals surface area contributed by atoms with Crippen LogP contribution in [0.1, 0.15) is 18.4 Å². The van der Waals surface area contributed by atoms with Crippen molar-refractivity contribution in [1.29, 1.82) is 0 Å². The van der Waals surface area contributed by atoms with Gasteiger partial charge in [-0.1, -0.05) is 23.9 Å². The molecule has 146 valence electrons. The molecule has 9 heteroatoms. The van der Waals surface area contributed by atoms with E-state index in [2.05, 4.69) is 15.5 Å². The number of amides is 1. The number of hydrogen-bond acceptors (Lipinski definition) is 6. The van der Waals surface area contributed by atoms with Crippen LogP contribution in [0.25, 0.3) is 0 Å². The van der Waals surface area contributed by atoms with Crippen molar-refractivity contribution in [3.05, 3.63) is 65.6 Å². The molecule has 0 unspecified atom stereocenters. The van der Waals surface area contributed by atoms with Crippen molar-refractivity contribution in [1.82, 2.24) is 10.2 Å². The molecule has 0 radical (unpaired) electrons. The molecule has 1 amide bonds. The van der Waals surface area contributed by atoms with Crippen molar-refractivity contribution in [2.24, 2.45) is 0 Å². The van der Waals surface area contributed by atoms with Crippen molar-refractivity contribution >= 4 is 23.4 Å². The standard InChI is InChI=1S/C19H17F2N3O3S/c1-11(18(25)22-16-8-5-13(20)10-15(16)21)28-19-24-23-17(27-19)9-12-3-6-14(26-2)7-4-12/h3-8,10-11H,9H2,1-2H3,(H,22,25)/t11-/m0/s1. The second kappa shape index (κ2) is 8.83. The average Bonchev–Trinajstić information content (AvgIpc) is 3.11. The maximum atomic E-state index is 13.6. The van der Waals surface area contributed by atoms with Gasteiger partial charge in [-0.25, -0.2) is 8.78 Å². The number of carbonyl (C=O) groups is 1. The van der Waals surface area contributed by atoms with Crippen molar-refractivity contribution in [3.8, 4) is 5.75 Å². The topological polar surface area (TPSA) is 77.2 Å². The van der Waals surface area contributed by atoms with Gasteiger partial charge in [0.2, 0.25) is 11.8 Å². The number of aromatic nitrogens is 2. The Morgan fingerprint density at radius 2 is 1.96 bits per heavy atom. The Morgan fingerprint density at radius 3 is 2.64 bits per heavy atom. The molecular formula is C19H17F2N3O3S. The molecule has 1 heterocycles. The lowest BCUT2D eigenvalue weighted by molar-refractivity contribution is -0.115. The first-order valence-corrected chi connectivity index (χ1v) is 9.20. The van der Waals surface area contributed by atoms with E-state index in [0.29, 0.717) is 18.4 Å². The highest BCUT2D eigenvalue weighted by Crippen LogP contribution is 2.25. The number of benzene rings is 2. The minimum Gasteiger partial charge on any atom is -0.497 e. The highest BCUT2D eigenvalue weighted by Gasteiger charge is 2.20. The molecule has 1 N–H and O–H groups in total. The molecule has 3 rings (SSSR count). The van der Waals surface area contributed by atoms with Crippen molar-refractivity contribution in [2.45, 2.75) is 23.8 Å². The van der Waals surface area contributed by atoms with Crippen LogP contribution in [0.15, 0.2) is 52.1 Å². The molecule has 0 aliphatic rings. The van der Waals surface area contributed by atoms with E-state index >= 15 is 0 Å². The van der Waals surface area contributed by atoms with Gasteiger partial charge < -0.3 is 14.5 Å². The molecule has 0 aliphatic carbocycles. The molecule has 1 aromatic heterocycles. The van der Waals surface area contributed by atoms with Crippen LogP contribution in [0.3, 0.4) is 0 Å².